The first-order valence-corrected chi connectivity index (χ1v) is 6.28. The van der Waals surface area contributed by atoms with Gasteiger partial charge < -0.3 is 10.2 Å². The number of ketones is 1. The van der Waals surface area contributed by atoms with Gasteiger partial charge in [-0.25, -0.2) is 0 Å². The number of fused-ring (bicyclic) bond motifs is 1. The number of carbonyl (C=O) groups is 2. The number of Topliss-reactive ketones (excluding diaryl/α,β-unsaturated/α-hetero) is 1. The van der Waals surface area contributed by atoms with Crippen molar-refractivity contribution in [3.8, 4) is 0 Å². The van der Waals surface area contributed by atoms with Gasteiger partial charge in [0.15, 0.2) is 5.78 Å². The number of aryl methyl sites for hydroxylation is 1. The Morgan fingerprint density at radius 2 is 2.00 bits per heavy atom. The van der Waals surface area contributed by atoms with Crippen LogP contribution in [0.3, 0.4) is 0 Å². The largest absolute Gasteiger partial charge is 0.383 e. The highest BCUT2D eigenvalue weighted by atomic mass is 35.5. The summed E-state index contributed by atoms with van der Waals surface area (Å²) in [6.45, 7) is 1.83. The van der Waals surface area contributed by atoms with Crippen LogP contribution >= 0.6 is 11.6 Å². The second-order valence-electron chi connectivity index (χ2n) is 4.82. The van der Waals surface area contributed by atoms with Gasteiger partial charge in [-0.05, 0) is 24.6 Å². The lowest BCUT2D eigenvalue weighted by Gasteiger charge is -2.10. The minimum Gasteiger partial charge on any atom is -0.383 e. The summed E-state index contributed by atoms with van der Waals surface area (Å²) in [4.78, 5) is 26.0. The topological polar surface area (TPSA) is 49.4 Å². The molecule has 0 atom stereocenters. The smallest absolute Gasteiger partial charge is 0.229 e. The summed E-state index contributed by atoms with van der Waals surface area (Å²) in [6, 6.07) is 3.34. The van der Waals surface area contributed by atoms with Crippen LogP contribution in [0.1, 0.15) is 22.3 Å². The van der Waals surface area contributed by atoms with Crippen LogP contribution in [0.4, 0.5) is 5.69 Å². The molecule has 4 nitrogen and oxygen atoms in total. The molecule has 2 rings (SSSR count). The third-order valence-corrected chi connectivity index (χ3v) is 3.28. The first kappa shape index (κ1) is 13.6. The Morgan fingerprint density at radius 3 is 2.63 bits per heavy atom. The fourth-order valence-corrected chi connectivity index (χ4v) is 2.17. The van der Waals surface area contributed by atoms with Crippen molar-refractivity contribution in [2.24, 2.45) is 0 Å². The molecule has 1 amide bonds. The van der Waals surface area contributed by atoms with Gasteiger partial charge in [0.25, 0.3) is 0 Å². The van der Waals surface area contributed by atoms with Crippen molar-refractivity contribution in [3.05, 3.63) is 40.1 Å². The van der Waals surface area contributed by atoms with Crippen molar-refractivity contribution in [2.75, 3.05) is 19.4 Å². The van der Waals surface area contributed by atoms with Gasteiger partial charge >= 0.3 is 0 Å². The van der Waals surface area contributed by atoms with E-state index in [0.717, 1.165) is 5.56 Å². The highest BCUT2D eigenvalue weighted by Gasteiger charge is 2.25. The van der Waals surface area contributed by atoms with Crippen molar-refractivity contribution in [1.82, 2.24) is 4.90 Å². The van der Waals surface area contributed by atoms with Crippen LogP contribution in [-0.4, -0.2) is 30.7 Å². The Labute approximate surface area is 117 Å². The van der Waals surface area contributed by atoms with Gasteiger partial charge in [-0.15, -0.1) is 0 Å². The number of nitrogens with zero attached hydrogens (tertiary/aromatic N) is 1. The predicted octanol–water partition coefficient (Wildman–Crippen LogP) is 2.62. The van der Waals surface area contributed by atoms with Gasteiger partial charge in [0.2, 0.25) is 5.91 Å². The molecule has 0 spiro atoms. The number of nitrogens with one attached hydrogen (secondary N) is 1. The molecule has 1 heterocycles. The number of carbonyl (C=O) groups excluding carboxylic acids is 2. The molecule has 0 bridgehead atoms. The van der Waals surface area contributed by atoms with Gasteiger partial charge in [0, 0.05) is 36.5 Å². The van der Waals surface area contributed by atoms with Crippen molar-refractivity contribution in [2.45, 2.75) is 13.3 Å². The normalized spacial score (nSPS) is 16.9. The monoisotopic (exact) mass is 278 g/mol. The van der Waals surface area contributed by atoms with Crippen molar-refractivity contribution in [3.63, 3.8) is 0 Å². The third kappa shape index (κ3) is 2.79. The SMILES string of the molecule is Cc1cc2c(cc1Cl)NC(=O)C/C(=C\N(C)C)C2=O. The van der Waals surface area contributed by atoms with Gasteiger partial charge in [0.05, 0.1) is 12.1 Å². The van der Waals surface area contributed by atoms with Crippen LogP contribution in [0.5, 0.6) is 0 Å². The number of rotatable bonds is 1. The molecule has 0 radical (unpaired) electrons. The zero-order valence-corrected chi connectivity index (χ0v) is 11.8. The second kappa shape index (κ2) is 5.05. The van der Waals surface area contributed by atoms with Crippen LogP contribution < -0.4 is 5.32 Å². The Hall–Kier alpha value is -1.81. The molecule has 0 fully saturated rings. The predicted molar refractivity (Wildman–Crippen MR) is 75.5 cm³/mol. The minimum atomic E-state index is -0.208. The van der Waals surface area contributed by atoms with E-state index in [2.05, 4.69) is 5.32 Å². The number of hydrogen-bond donors (Lipinski definition) is 1. The molecule has 0 saturated carbocycles. The van der Waals surface area contributed by atoms with Crippen LogP contribution in [-0.2, 0) is 4.79 Å². The first-order chi connectivity index (χ1) is 8.88. The molecule has 1 aromatic rings. The molecule has 0 aromatic heterocycles. The summed E-state index contributed by atoms with van der Waals surface area (Å²) >= 11 is 6.03. The summed E-state index contributed by atoms with van der Waals surface area (Å²) in [5.74, 6) is -0.345. The molecule has 1 aliphatic heterocycles. The molecule has 0 unspecified atom stereocenters. The molecule has 0 aliphatic carbocycles. The minimum absolute atomic E-state index is 0.0718. The first-order valence-electron chi connectivity index (χ1n) is 5.90. The Kier molecular flexibility index (Phi) is 3.62. The summed E-state index contributed by atoms with van der Waals surface area (Å²) < 4.78 is 0. The fraction of sp³-hybridized carbons (Fsp3) is 0.286. The molecule has 100 valence electrons. The summed E-state index contributed by atoms with van der Waals surface area (Å²) in [5.41, 5.74) is 2.26. The molecule has 0 saturated heterocycles. The molecule has 1 aliphatic rings. The molecule has 19 heavy (non-hydrogen) atoms. The van der Waals surface area contributed by atoms with E-state index in [1.54, 1.807) is 23.2 Å². The van der Waals surface area contributed by atoms with E-state index in [-0.39, 0.29) is 18.1 Å². The van der Waals surface area contributed by atoms with E-state index >= 15 is 0 Å². The van der Waals surface area contributed by atoms with E-state index in [0.29, 0.717) is 21.8 Å². The van der Waals surface area contributed by atoms with E-state index < -0.39 is 0 Å². The highest BCUT2D eigenvalue weighted by Crippen LogP contribution is 2.30. The van der Waals surface area contributed by atoms with Crippen LogP contribution in [0.2, 0.25) is 5.02 Å². The lowest BCUT2D eigenvalue weighted by atomic mass is 10.00. The maximum Gasteiger partial charge on any atom is 0.229 e. The highest BCUT2D eigenvalue weighted by molar-refractivity contribution is 6.32. The fourth-order valence-electron chi connectivity index (χ4n) is 2.01. The van der Waals surface area contributed by atoms with Crippen LogP contribution in [0.25, 0.3) is 0 Å². The average molecular weight is 279 g/mol. The third-order valence-electron chi connectivity index (χ3n) is 2.87. The standard InChI is InChI=1S/C14H15ClN2O2/c1-8-4-10-12(6-11(8)15)16-13(18)5-9(14(10)19)7-17(2)3/h4,6-7H,5H2,1-3H3,(H,16,18)/b9-7+. The number of halogens is 1. The zero-order chi connectivity index (χ0) is 14.2. The van der Waals surface area contributed by atoms with Crippen LogP contribution in [0, 0.1) is 6.92 Å². The Balaban J connectivity index is 2.58. The van der Waals surface area contributed by atoms with Gasteiger partial charge in [-0.3, -0.25) is 9.59 Å². The van der Waals surface area contributed by atoms with Gasteiger partial charge in [-0.1, -0.05) is 11.6 Å². The van der Waals surface area contributed by atoms with E-state index in [4.69, 9.17) is 11.6 Å². The maximum absolute atomic E-state index is 12.5. The lowest BCUT2D eigenvalue weighted by molar-refractivity contribution is -0.115. The van der Waals surface area contributed by atoms with E-state index in [9.17, 15) is 9.59 Å². The number of benzene rings is 1. The Morgan fingerprint density at radius 1 is 1.32 bits per heavy atom. The lowest BCUT2D eigenvalue weighted by Crippen LogP contribution is -2.12. The molecule has 1 N–H and O–H groups in total. The van der Waals surface area contributed by atoms with Crippen LogP contribution in [0.15, 0.2) is 23.9 Å². The quantitative estimate of drug-likeness (QED) is 0.804. The summed E-state index contributed by atoms with van der Waals surface area (Å²) in [6.07, 6.45) is 1.75. The van der Waals surface area contributed by atoms with Gasteiger partial charge in [-0.2, -0.15) is 0 Å². The average Bonchev–Trinajstić information content (AvgIpc) is 2.40. The maximum atomic E-state index is 12.5. The van der Waals surface area contributed by atoms with E-state index in [1.165, 1.54) is 0 Å². The zero-order valence-electron chi connectivity index (χ0n) is 11.1. The number of amides is 1. The second-order valence-corrected chi connectivity index (χ2v) is 5.23. The van der Waals surface area contributed by atoms with Crippen molar-refractivity contribution < 1.29 is 9.59 Å². The number of hydrogen-bond acceptors (Lipinski definition) is 3. The molecular weight excluding hydrogens is 264 g/mol. The Bertz CT molecular complexity index is 591. The van der Waals surface area contributed by atoms with E-state index in [1.807, 2.05) is 21.0 Å². The molecular formula is C14H15ClN2O2. The molecule has 1 aromatic carbocycles. The number of anilines is 1. The summed E-state index contributed by atoms with van der Waals surface area (Å²) in [7, 11) is 3.63. The summed E-state index contributed by atoms with van der Waals surface area (Å²) in [5, 5.41) is 3.25. The van der Waals surface area contributed by atoms with Crippen molar-refractivity contribution in [1.29, 1.82) is 0 Å². The molecule has 5 heteroatoms. The van der Waals surface area contributed by atoms with Crippen molar-refractivity contribution >= 4 is 29.0 Å². The van der Waals surface area contributed by atoms with Gasteiger partial charge in [0.1, 0.15) is 0 Å².